The molecule has 0 bridgehead atoms. The number of Topliss-reactive ketones (excluding diaryl/α,β-unsaturated/α-hetero) is 1. The van der Waals surface area contributed by atoms with Crippen LogP contribution in [0.5, 0.6) is 0 Å². The number of allylic oxidation sites excluding steroid dienone is 2. The van der Waals surface area contributed by atoms with E-state index in [9.17, 15) is 18.8 Å². The van der Waals surface area contributed by atoms with Gasteiger partial charge in [-0.05, 0) is 25.0 Å². The van der Waals surface area contributed by atoms with Gasteiger partial charge in [0.15, 0.2) is 11.6 Å². The van der Waals surface area contributed by atoms with Gasteiger partial charge in [-0.3, -0.25) is 14.4 Å². The standard InChI is InChI=1S/C16H13ClFNO4S/c1-7-9(5-13(21)22)14-10(2-3-11(20)15(14)18)19(7)16(23)8-4-12(17)24-6-8/h4,6,10H,2-3,5H2,1H3,(H,21,22). The van der Waals surface area contributed by atoms with E-state index in [0.717, 1.165) is 0 Å². The van der Waals surface area contributed by atoms with E-state index in [0.29, 0.717) is 15.6 Å². The highest BCUT2D eigenvalue weighted by molar-refractivity contribution is 7.14. The first kappa shape index (κ1) is 16.9. The fourth-order valence-electron chi connectivity index (χ4n) is 3.21. The van der Waals surface area contributed by atoms with Gasteiger partial charge in [0.1, 0.15) is 0 Å². The highest BCUT2D eigenvalue weighted by atomic mass is 35.5. The summed E-state index contributed by atoms with van der Waals surface area (Å²) in [6.07, 6.45) is -0.181. The number of thiophene rings is 1. The predicted molar refractivity (Wildman–Crippen MR) is 86.6 cm³/mol. The lowest BCUT2D eigenvalue weighted by Gasteiger charge is -2.29. The minimum absolute atomic E-state index is 0.0121. The number of fused-ring (bicyclic) bond motifs is 1. The number of carboxylic acids is 1. The number of amides is 1. The van der Waals surface area contributed by atoms with Gasteiger partial charge >= 0.3 is 5.97 Å². The summed E-state index contributed by atoms with van der Waals surface area (Å²) in [5.74, 6) is -3.10. The Labute approximate surface area is 146 Å². The van der Waals surface area contributed by atoms with Crippen LogP contribution in [-0.4, -0.2) is 33.7 Å². The van der Waals surface area contributed by atoms with E-state index in [-0.39, 0.29) is 29.9 Å². The third kappa shape index (κ3) is 2.67. The summed E-state index contributed by atoms with van der Waals surface area (Å²) in [6.45, 7) is 1.58. The smallest absolute Gasteiger partial charge is 0.307 e. The number of rotatable bonds is 3. The van der Waals surface area contributed by atoms with Crippen LogP contribution in [0.25, 0.3) is 0 Å². The number of halogens is 2. The van der Waals surface area contributed by atoms with Crippen LogP contribution in [0.3, 0.4) is 0 Å². The minimum atomic E-state index is -1.14. The quantitative estimate of drug-likeness (QED) is 0.884. The van der Waals surface area contributed by atoms with Crippen LogP contribution in [0, 0.1) is 0 Å². The fourth-order valence-corrected chi connectivity index (χ4v) is 4.07. The largest absolute Gasteiger partial charge is 0.481 e. The molecule has 1 atom stereocenters. The third-order valence-electron chi connectivity index (χ3n) is 4.26. The van der Waals surface area contributed by atoms with Crippen molar-refractivity contribution in [2.24, 2.45) is 0 Å². The number of carboxylic acid groups (broad SMARTS) is 1. The summed E-state index contributed by atoms with van der Waals surface area (Å²) in [4.78, 5) is 37.0. The van der Waals surface area contributed by atoms with E-state index in [4.69, 9.17) is 16.7 Å². The summed E-state index contributed by atoms with van der Waals surface area (Å²) in [7, 11) is 0. The SMILES string of the molecule is CC1=C(CC(=O)O)C2=C(F)C(=O)CCC2N1C(=O)c1csc(Cl)c1. The molecular weight excluding hydrogens is 357 g/mol. The number of aliphatic carboxylic acids is 1. The average Bonchev–Trinajstić information content (AvgIpc) is 3.05. The molecule has 1 unspecified atom stereocenters. The van der Waals surface area contributed by atoms with Gasteiger partial charge in [0.25, 0.3) is 5.91 Å². The molecule has 0 fully saturated rings. The summed E-state index contributed by atoms with van der Waals surface area (Å²) >= 11 is 7.07. The Morgan fingerprint density at radius 3 is 2.79 bits per heavy atom. The van der Waals surface area contributed by atoms with Crippen molar-refractivity contribution in [1.29, 1.82) is 0 Å². The number of carbonyl (C=O) groups excluding carboxylic acids is 2. The van der Waals surface area contributed by atoms with Gasteiger partial charge in [-0.15, -0.1) is 11.3 Å². The van der Waals surface area contributed by atoms with E-state index in [1.165, 1.54) is 22.3 Å². The molecule has 126 valence electrons. The van der Waals surface area contributed by atoms with Crippen LogP contribution < -0.4 is 0 Å². The van der Waals surface area contributed by atoms with Crippen LogP contribution in [-0.2, 0) is 9.59 Å². The first-order valence-corrected chi connectivity index (χ1v) is 8.49. The lowest BCUT2D eigenvalue weighted by Crippen LogP contribution is -2.38. The molecule has 0 saturated carbocycles. The van der Waals surface area contributed by atoms with E-state index in [1.54, 1.807) is 12.3 Å². The van der Waals surface area contributed by atoms with Crippen LogP contribution in [0.4, 0.5) is 4.39 Å². The molecule has 1 aliphatic heterocycles. The van der Waals surface area contributed by atoms with Crippen molar-refractivity contribution in [2.75, 3.05) is 0 Å². The van der Waals surface area contributed by atoms with Crippen molar-refractivity contribution < 1.29 is 23.9 Å². The van der Waals surface area contributed by atoms with Gasteiger partial charge in [-0.1, -0.05) is 11.6 Å². The monoisotopic (exact) mass is 369 g/mol. The number of carbonyl (C=O) groups is 3. The molecule has 2 aliphatic rings. The van der Waals surface area contributed by atoms with Gasteiger partial charge in [0.2, 0.25) is 0 Å². The molecule has 5 nitrogen and oxygen atoms in total. The molecule has 1 N–H and O–H groups in total. The Hall–Kier alpha value is -1.99. The summed E-state index contributed by atoms with van der Waals surface area (Å²) < 4.78 is 14.8. The van der Waals surface area contributed by atoms with Crippen LogP contribution in [0.1, 0.15) is 36.5 Å². The van der Waals surface area contributed by atoms with Gasteiger partial charge in [-0.25, -0.2) is 4.39 Å². The average molecular weight is 370 g/mol. The van der Waals surface area contributed by atoms with Gasteiger partial charge in [0, 0.05) is 23.1 Å². The van der Waals surface area contributed by atoms with E-state index >= 15 is 0 Å². The zero-order valence-electron chi connectivity index (χ0n) is 12.6. The maximum Gasteiger partial charge on any atom is 0.307 e. The Morgan fingerprint density at radius 1 is 1.50 bits per heavy atom. The molecule has 2 heterocycles. The number of hydrogen-bond acceptors (Lipinski definition) is 4. The van der Waals surface area contributed by atoms with Crippen molar-refractivity contribution in [3.63, 3.8) is 0 Å². The molecule has 3 rings (SSSR count). The summed E-state index contributed by atoms with van der Waals surface area (Å²) in [5, 5.41) is 10.7. The second-order valence-electron chi connectivity index (χ2n) is 5.65. The van der Waals surface area contributed by atoms with Gasteiger partial charge < -0.3 is 10.0 Å². The number of hydrogen-bond donors (Lipinski definition) is 1. The van der Waals surface area contributed by atoms with Gasteiger partial charge in [0.05, 0.1) is 22.4 Å². The Bertz CT molecular complexity index is 826. The highest BCUT2D eigenvalue weighted by Crippen LogP contribution is 2.43. The van der Waals surface area contributed by atoms with Crippen molar-refractivity contribution >= 4 is 40.6 Å². The first-order valence-electron chi connectivity index (χ1n) is 7.23. The van der Waals surface area contributed by atoms with Crippen LogP contribution in [0.15, 0.2) is 34.1 Å². The lowest BCUT2D eigenvalue weighted by atomic mass is 9.88. The number of nitrogens with zero attached hydrogens (tertiary/aromatic N) is 1. The molecule has 1 aliphatic carbocycles. The zero-order chi connectivity index (χ0) is 17.6. The second kappa shape index (κ2) is 6.14. The van der Waals surface area contributed by atoms with Gasteiger partial charge in [-0.2, -0.15) is 0 Å². The normalized spacial score (nSPS) is 20.7. The highest BCUT2D eigenvalue weighted by Gasteiger charge is 2.44. The first-order chi connectivity index (χ1) is 11.3. The van der Waals surface area contributed by atoms with Crippen LogP contribution in [0.2, 0.25) is 4.34 Å². The molecular formula is C16H13ClFNO4S. The Morgan fingerprint density at radius 2 is 2.21 bits per heavy atom. The number of ketones is 1. The van der Waals surface area contributed by atoms with Crippen molar-refractivity contribution in [3.05, 3.63) is 44.0 Å². The molecule has 1 aromatic heterocycles. The fraction of sp³-hybridized carbons (Fsp3) is 0.312. The van der Waals surface area contributed by atoms with Crippen molar-refractivity contribution in [1.82, 2.24) is 4.90 Å². The Kier molecular flexibility index (Phi) is 4.31. The molecule has 0 radical (unpaired) electrons. The van der Waals surface area contributed by atoms with Crippen molar-refractivity contribution in [3.8, 4) is 0 Å². The maximum absolute atomic E-state index is 14.4. The third-order valence-corrected chi connectivity index (χ3v) is 5.35. The van der Waals surface area contributed by atoms with E-state index in [1.807, 2.05) is 0 Å². The summed E-state index contributed by atoms with van der Waals surface area (Å²) in [6, 6.07) is 0.869. The minimum Gasteiger partial charge on any atom is -0.481 e. The molecule has 8 heteroatoms. The van der Waals surface area contributed by atoms with Crippen LogP contribution >= 0.6 is 22.9 Å². The molecule has 1 amide bonds. The second-order valence-corrected chi connectivity index (χ2v) is 7.20. The molecule has 0 spiro atoms. The molecule has 1 aromatic rings. The van der Waals surface area contributed by atoms with Crippen molar-refractivity contribution in [2.45, 2.75) is 32.2 Å². The molecule has 0 aromatic carbocycles. The Balaban J connectivity index is 2.10. The molecule has 0 saturated heterocycles. The lowest BCUT2D eigenvalue weighted by molar-refractivity contribution is -0.136. The zero-order valence-corrected chi connectivity index (χ0v) is 14.2. The summed E-state index contributed by atoms with van der Waals surface area (Å²) in [5.41, 5.74) is 0.973. The van der Waals surface area contributed by atoms with E-state index in [2.05, 4.69) is 0 Å². The van der Waals surface area contributed by atoms with E-state index < -0.39 is 30.0 Å². The predicted octanol–water partition coefficient (Wildman–Crippen LogP) is 3.56. The molecule has 24 heavy (non-hydrogen) atoms. The topological polar surface area (TPSA) is 74.7 Å². The maximum atomic E-state index is 14.4.